The largest absolute Gasteiger partial charge is 0.341 e. The second-order valence-electron chi connectivity index (χ2n) is 7.15. The van der Waals surface area contributed by atoms with E-state index in [0.29, 0.717) is 5.92 Å². The molecule has 0 spiro atoms. The molecule has 0 bridgehead atoms. The Hall–Kier alpha value is -1.82. The molecule has 0 radical (unpaired) electrons. The van der Waals surface area contributed by atoms with Crippen LogP contribution in [-0.4, -0.2) is 38.7 Å². The van der Waals surface area contributed by atoms with E-state index in [1.807, 2.05) is 35.2 Å². The molecule has 2 fully saturated rings. The number of hydrogen-bond acceptors (Lipinski definition) is 4. The van der Waals surface area contributed by atoms with Gasteiger partial charge in [-0.3, -0.25) is 4.79 Å². The lowest BCUT2D eigenvalue weighted by Gasteiger charge is -2.30. The molecular formula is C20H26N4OS. The van der Waals surface area contributed by atoms with Crippen molar-refractivity contribution in [3.63, 3.8) is 0 Å². The van der Waals surface area contributed by atoms with E-state index in [4.69, 9.17) is 0 Å². The second kappa shape index (κ2) is 7.82. The maximum atomic E-state index is 13.3. The van der Waals surface area contributed by atoms with Crippen molar-refractivity contribution in [2.24, 2.45) is 0 Å². The van der Waals surface area contributed by atoms with Gasteiger partial charge in [-0.2, -0.15) is 0 Å². The molecule has 1 unspecified atom stereocenters. The van der Waals surface area contributed by atoms with E-state index in [0.717, 1.165) is 49.0 Å². The Morgan fingerprint density at radius 3 is 2.54 bits per heavy atom. The number of thioether (sulfide) groups is 1. The van der Waals surface area contributed by atoms with Crippen molar-refractivity contribution >= 4 is 17.7 Å². The number of carbonyl (C=O) groups excluding carboxylic acids is 1. The molecule has 4 rings (SSSR count). The zero-order chi connectivity index (χ0) is 17.9. The van der Waals surface area contributed by atoms with Crippen LogP contribution in [0.25, 0.3) is 0 Å². The molecule has 2 aliphatic rings. The van der Waals surface area contributed by atoms with Gasteiger partial charge in [-0.15, -0.1) is 10.2 Å². The smallest absolute Gasteiger partial charge is 0.240 e. The van der Waals surface area contributed by atoms with E-state index in [1.165, 1.54) is 19.3 Å². The van der Waals surface area contributed by atoms with Crippen molar-refractivity contribution in [1.82, 2.24) is 19.7 Å². The molecule has 0 N–H and O–H groups in total. The van der Waals surface area contributed by atoms with Gasteiger partial charge in [0.1, 0.15) is 11.1 Å². The summed E-state index contributed by atoms with van der Waals surface area (Å²) in [5, 5.41) is 9.50. The van der Waals surface area contributed by atoms with Gasteiger partial charge in [-0.25, -0.2) is 0 Å². The predicted octanol–water partition coefficient (Wildman–Crippen LogP) is 4.02. The van der Waals surface area contributed by atoms with E-state index in [9.17, 15) is 4.79 Å². The first kappa shape index (κ1) is 17.6. The molecule has 1 amide bonds. The fourth-order valence-electron chi connectivity index (χ4n) is 3.60. The highest BCUT2D eigenvalue weighted by Crippen LogP contribution is 2.42. The number of aromatic nitrogens is 3. The van der Waals surface area contributed by atoms with Crippen LogP contribution in [0, 0.1) is 0 Å². The lowest BCUT2D eigenvalue weighted by molar-refractivity contribution is -0.131. The van der Waals surface area contributed by atoms with Crippen molar-refractivity contribution in [3.8, 4) is 0 Å². The molecule has 1 aliphatic carbocycles. The van der Waals surface area contributed by atoms with E-state index in [2.05, 4.69) is 21.7 Å². The van der Waals surface area contributed by atoms with Crippen LogP contribution in [0.3, 0.4) is 0 Å². The first-order chi connectivity index (χ1) is 12.8. The number of likely N-dealkylation sites (tertiary alicyclic amines) is 1. The first-order valence-electron chi connectivity index (χ1n) is 9.71. The van der Waals surface area contributed by atoms with E-state index in [-0.39, 0.29) is 11.2 Å². The summed E-state index contributed by atoms with van der Waals surface area (Å²) in [4.78, 5) is 15.3. The second-order valence-corrected chi connectivity index (χ2v) is 8.23. The number of rotatable bonds is 6. The number of hydrogen-bond donors (Lipinski definition) is 0. The minimum Gasteiger partial charge on any atom is -0.341 e. The summed E-state index contributed by atoms with van der Waals surface area (Å²) >= 11 is 1.56. The summed E-state index contributed by atoms with van der Waals surface area (Å²) < 4.78 is 2.20. The zero-order valence-corrected chi connectivity index (χ0v) is 16.1. The van der Waals surface area contributed by atoms with Crippen molar-refractivity contribution in [1.29, 1.82) is 0 Å². The van der Waals surface area contributed by atoms with E-state index >= 15 is 0 Å². The van der Waals surface area contributed by atoms with Crippen molar-refractivity contribution in [3.05, 3.63) is 41.7 Å². The first-order valence-corrected chi connectivity index (χ1v) is 10.6. The minimum atomic E-state index is -0.254. The molecule has 1 atom stereocenters. The van der Waals surface area contributed by atoms with Crippen LogP contribution in [0.4, 0.5) is 0 Å². The summed E-state index contributed by atoms with van der Waals surface area (Å²) in [5.41, 5.74) is 1.05. The Bertz CT molecular complexity index is 750. The number of carbonyl (C=O) groups is 1. The predicted molar refractivity (Wildman–Crippen MR) is 103 cm³/mol. The Kier molecular flexibility index (Phi) is 5.29. The normalized spacial score (nSPS) is 18.7. The topological polar surface area (TPSA) is 51.0 Å². The standard InChI is InChI=1S/C20H26N4OS/c1-2-24-18(16-11-12-16)21-22-20(24)26-17(15-9-5-3-6-10-15)19(25)23-13-7-4-8-14-23/h3,5-6,9-10,16-17H,2,4,7-8,11-14H2,1H3. The SMILES string of the molecule is CCn1c(SC(C(=O)N2CCCCC2)c2ccccc2)nnc1C1CC1. The average Bonchev–Trinajstić information content (AvgIpc) is 3.47. The molecule has 2 heterocycles. The van der Waals surface area contributed by atoms with E-state index < -0.39 is 0 Å². The fourth-order valence-corrected chi connectivity index (χ4v) is 4.79. The van der Waals surface area contributed by atoms with E-state index in [1.54, 1.807) is 11.8 Å². The Morgan fingerprint density at radius 1 is 1.15 bits per heavy atom. The minimum absolute atomic E-state index is 0.208. The average molecular weight is 371 g/mol. The number of piperidine rings is 1. The number of nitrogens with zero attached hydrogens (tertiary/aromatic N) is 4. The van der Waals surface area contributed by atoms with Crippen molar-refractivity contribution < 1.29 is 4.79 Å². The molecule has 5 nitrogen and oxygen atoms in total. The van der Waals surface area contributed by atoms with Gasteiger partial charge in [0.15, 0.2) is 5.16 Å². The van der Waals surface area contributed by atoms with Crippen LogP contribution in [0.5, 0.6) is 0 Å². The van der Waals surface area contributed by atoms with Crippen molar-refractivity contribution in [2.45, 2.75) is 61.9 Å². The molecule has 2 aromatic rings. The van der Waals surface area contributed by atoms with Crippen LogP contribution in [0.1, 0.15) is 61.6 Å². The molecule has 26 heavy (non-hydrogen) atoms. The van der Waals surface area contributed by atoms with Crippen LogP contribution < -0.4 is 0 Å². The van der Waals surface area contributed by atoms with Gasteiger partial charge < -0.3 is 9.47 Å². The van der Waals surface area contributed by atoms with Crippen LogP contribution in [0.15, 0.2) is 35.5 Å². The lowest BCUT2D eigenvalue weighted by Crippen LogP contribution is -2.38. The third-order valence-corrected chi connectivity index (χ3v) is 6.44. The monoisotopic (exact) mass is 370 g/mol. The highest BCUT2D eigenvalue weighted by molar-refractivity contribution is 8.00. The van der Waals surface area contributed by atoms with Crippen LogP contribution in [0.2, 0.25) is 0 Å². The highest BCUT2D eigenvalue weighted by atomic mass is 32.2. The number of amides is 1. The molecular weight excluding hydrogens is 344 g/mol. The van der Waals surface area contributed by atoms with Gasteiger partial charge >= 0.3 is 0 Å². The van der Waals surface area contributed by atoms with Gasteiger partial charge in [-0.05, 0) is 44.6 Å². The third-order valence-electron chi connectivity index (χ3n) is 5.22. The quantitative estimate of drug-likeness (QED) is 0.721. The summed E-state index contributed by atoms with van der Waals surface area (Å²) in [5.74, 6) is 1.86. The molecule has 1 aromatic heterocycles. The van der Waals surface area contributed by atoms with Crippen LogP contribution in [-0.2, 0) is 11.3 Å². The van der Waals surface area contributed by atoms with Crippen molar-refractivity contribution in [2.75, 3.05) is 13.1 Å². The molecule has 1 aliphatic heterocycles. The molecule has 6 heteroatoms. The summed E-state index contributed by atoms with van der Waals surface area (Å²) in [6, 6.07) is 10.1. The van der Waals surface area contributed by atoms with Gasteiger partial charge in [0.25, 0.3) is 0 Å². The molecule has 1 aromatic carbocycles. The maximum absolute atomic E-state index is 13.3. The Balaban J connectivity index is 1.62. The fraction of sp³-hybridized carbons (Fsp3) is 0.550. The van der Waals surface area contributed by atoms with Gasteiger partial charge in [0, 0.05) is 25.6 Å². The molecule has 1 saturated heterocycles. The highest BCUT2D eigenvalue weighted by Gasteiger charge is 2.33. The zero-order valence-electron chi connectivity index (χ0n) is 15.3. The Morgan fingerprint density at radius 2 is 1.88 bits per heavy atom. The van der Waals surface area contributed by atoms with Gasteiger partial charge in [0.05, 0.1) is 0 Å². The van der Waals surface area contributed by atoms with Gasteiger partial charge in [0.2, 0.25) is 5.91 Å². The third kappa shape index (κ3) is 3.65. The van der Waals surface area contributed by atoms with Gasteiger partial charge in [-0.1, -0.05) is 42.1 Å². The maximum Gasteiger partial charge on any atom is 0.240 e. The Labute approximate surface area is 159 Å². The molecule has 1 saturated carbocycles. The molecule has 138 valence electrons. The van der Waals surface area contributed by atoms with Crippen LogP contribution >= 0.6 is 11.8 Å². The number of benzene rings is 1. The lowest BCUT2D eigenvalue weighted by atomic mass is 10.1. The summed E-state index contributed by atoms with van der Waals surface area (Å²) in [6.07, 6.45) is 5.85. The summed E-state index contributed by atoms with van der Waals surface area (Å²) in [6.45, 7) is 4.72. The summed E-state index contributed by atoms with van der Waals surface area (Å²) in [7, 11) is 0.